The van der Waals surface area contributed by atoms with Gasteiger partial charge in [-0.05, 0) is 47.2 Å². The summed E-state index contributed by atoms with van der Waals surface area (Å²) in [5.41, 5.74) is 3.29. The van der Waals surface area contributed by atoms with E-state index in [4.69, 9.17) is 0 Å². The molecule has 0 bridgehead atoms. The summed E-state index contributed by atoms with van der Waals surface area (Å²) in [4.78, 5) is 33.3. The minimum Gasteiger partial charge on any atom is -0.368 e. The number of pyridine rings is 1. The van der Waals surface area contributed by atoms with E-state index >= 15 is 0 Å². The Morgan fingerprint density at radius 2 is 1.84 bits per heavy atom. The predicted molar refractivity (Wildman–Crippen MR) is 144 cm³/mol. The highest BCUT2D eigenvalue weighted by Gasteiger charge is 2.19. The van der Waals surface area contributed by atoms with Crippen molar-refractivity contribution in [1.29, 1.82) is 0 Å². The van der Waals surface area contributed by atoms with Crippen LogP contribution in [0, 0.1) is 0 Å². The van der Waals surface area contributed by atoms with Gasteiger partial charge < -0.3 is 19.7 Å². The maximum atomic E-state index is 13.1. The fourth-order valence-electron chi connectivity index (χ4n) is 4.73. The number of anilines is 2. The second kappa shape index (κ2) is 10.4. The van der Waals surface area contributed by atoms with E-state index in [1.165, 1.54) is 0 Å². The van der Waals surface area contributed by atoms with E-state index in [1.54, 1.807) is 19.4 Å². The number of nitrogens with one attached hydrogen (secondary N) is 1. The number of benzene rings is 2. The van der Waals surface area contributed by atoms with Crippen LogP contribution in [0.25, 0.3) is 10.8 Å². The van der Waals surface area contributed by atoms with Gasteiger partial charge in [-0.3, -0.25) is 14.6 Å². The highest BCUT2D eigenvalue weighted by molar-refractivity contribution is 6.05. The Bertz CT molecular complexity index is 1440. The molecule has 0 spiro atoms. The molecule has 37 heavy (non-hydrogen) atoms. The molecule has 190 valence electrons. The molecular formula is C28H31N7O2. The summed E-state index contributed by atoms with van der Waals surface area (Å²) in [5.74, 6) is 1.00. The third-order valence-corrected chi connectivity index (χ3v) is 7.04. The van der Waals surface area contributed by atoms with E-state index in [1.807, 2.05) is 46.8 Å². The average Bonchev–Trinajstić information content (AvgIpc) is 3.32. The Morgan fingerprint density at radius 1 is 1.03 bits per heavy atom. The summed E-state index contributed by atoms with van der Waals surface area (Å²) in [6.07, 6.45) is 4.19. The van der Waals surface area contributed by atoms with Crippen LogP contribution in [0.1, 0.15) is 41.6 Å². The van der Waals surface area contributed by atoms with Crippen LogP contribution in [0.4, 0.5) is 11.4 Å². The van der Waals surface area contributed by atoms with Gasteiger partial charge in [-0.2, -0.15) is 0 Å². The molecule has 1 aliphatic heterocycles. The predicted octanol–water partition coefficient (Wildman–Crippen LogP) is 3.63. The molecule has 9 nitrogen and oxygen atoms in total. The first-order chi connectivity index (χ1) is 17.9. The van der Waals surface area contributed by atoms with Gasteiger partial charge in [0.05, 0.1) is 0 Å². The van der Waals surface area contributed by atoms with Gasteiger partial charge in [0.15, 0.2) is 0 Å². The Labute approximate surface area is 216 Å². The van der Waals surface area contributed by atoms with Crippen LogP contribution in [0.2, 0.25) is 0 Å². The molecule has 0 aliphatic carbocycles. The third kappa shape index (κ3) is 5.45. The average molecular weight is 498 g/mol. The molecule has 1 fully saturated rings. The van der Waals surface area contributed by atoms with Crippen molar-refractivity contribution >= 4 is 34.0 Å². The van der Waals surface area contributed by atoms with Gasteiger partial charge >= 0.3 is 0 Å². The van der Waals surface area contributed by atoms with E-state index in [2.05, 4.69) is 50.5 Å². The van der Waals surface area contributed by atoms with Crippen LogP contribution >= 0.6 is 0 Å². The molecule has 2 amide bonds. The number of nitrogens with zero attached hydrogens (tertiary/aromatic N) is 6. The molecule has 1 aliphatic rings. The fourth-order valence-corrected chi connectivity index (χ4v) is 4.73. The molecule has 5 rings (SSSR count). The number of aryl methyl sites for hydroxylation is 1. The van der Waals surface area contributed by atoms with E-state index in [0.717, 1.165) is 53.0 Å². The number of carbonyl (C=O) groups excluding carboxylic acids is 2. The molecule has 9 heteroatoms. The van der Waals surface area contributed by atoms with Gasteiger partial charge in [0.25, 0.3) is 5.91 Å². The minimum absolute atomic E-state index is 0.116. The lowest BCUT2D eigenvalue weighted by atomic mass is 9.97. The Balaban J connectivity index is 1.29. The summed E-state index contributed by atoms with van der Waals surface area (Å²) in [7, 11) is 1.94. The molecule has 2 aromatic heterocycles. The molecule has 0 unspecified atom stereocenters. The largest absolute Gasteiger partial charge is 0.368 e. The van der Waals surface area contributed by atoms with Gasteiger partial charge in [-0.1, -0.05) is 25.1 Å². The van der Waals surface area contributed by atoms with Crippen LogP contribution < -0.4 is 10.2 Å². The van der Waals surface area contributed by atoms with E-state index < -0.39 is 0 Å². The van der Waals surface area contributed by atoms with Crippen LogP contribution in [-0.4, -0.2) is 62.6 Å². The number of carbonyl (C=O) groups is 2. The SMILES string of the molecule is CC(=O)N1CCN(c2ccc3cnc(C(=O)Nc4cccc([C@H](C)Cc5nncn5C)c4)cc3c2)CC1. The fraction of sp³-hybridized carbons (Fsp3) is 0.321. The van der Waals surface area contributed by atoms with Crippen LogP contribution in [0.15, 0.2) is 61.1 Å². The monoisotopic (exact) mass is 497 g/mol. The first-order valence-electron chi connectivity index (χ1n) is 12.5. The van der Waals surface area contributed by atoms with Gasteiger partial charge in [-0.25, -0.2) is 0 Å². The summed E-state index contributed by atoms with van der Waals surface area (Å²) in [6.45, 7) is 6.76. The molecule has 2 aromatic carbocycles. The molecule has 1 saturated heterocycles. The van der Waals surface area contributed by atoms with E-state index in [0.29, 0.717) is 18.8 Å². The van der Waals surface area contributed by atoms with Gasteiger partial charge in [-0.15, -0.1) is 10.2 Å². The topological polar surface area (TPSA) is 96.2 Å². The van der Waals surface area contributed by atoms with Crippen LogP contribution in [0.5, 0.6) is 0 Å². The second-order valence-corrected chi connectivity index (χ2v) is 9.64. The normalized spacial score (nSPS) is 14.6. The zero-order valence-electron chi connectivity index (χ0n) is 21.4. The summed E-state index contributed by atoms with van der Waals surface area (Å²) < 4.78 is 1.92. The van der Waals surface area contributed by atoms with Crippen molar-refractivity contribution in [3.8, 4) is 0 Å². The van der Waals surface area contributed by atoms with E-state index in [-0.39, 0.29) is 17.7 Å². The Kier molecular flexibility index (Phi) is 6.85. The summed E-state index contributed by atoms with van der Waals surface area (Å²) in [6, 6.07) is 15.9. The van der Waals surface area contributed by atoms with Gasteiger partial charge in [0.1, 0.15) is 17.8 Å². The Morgan fingerprint density at radius 3 is 2.57 bits per heavy atom. The lowest BCUT2D eigenvalue weighted by molar-refractivity contribution is -0.129. The lowest BCUT2D eigenvalue weighted by Crippen LogP contribution is -2.48. The zero-order chi connectivity index (χ0) is 25.9. The van der Waals surface area contributed by atoms with Crippen molar-refractivity contribution in [3.05, 3.63) is 78.1 Å². The molecule has 4 aromatic rings. The van der Waals surface area contributed by atoms with Crippen LogP contribution in [0.3, 0.4) is 0 Å². The number of piperazine rings is 1. The standard InChI is InChI=1S/C28H31N7O2/c1-19(13-27-32-30-18-33(27)3)21-5-4-6-24(14-21)31-28(37)26-16-23-15-25(8-7-22(23)17-29-26)35-11-9-34(10-12-35)20(2)36/h4-8,14-19H,9-13H2,1-3H3,(H,31,37)/t19-/m1/s1. The van der Waals surface area contributed by atoms with E-state index in [9.17, 15) is 9.59 Å². The first kappa shape index (κ1) is 24.4. The maximum absolute atomic E-state index is 13.1. The van der Waals surface area contributed by atoms with Crippen molar-refractivity contribution in [2.45, 2.75) is 26.2 Å². The van der Waals surface area contributed by atoms with Crippen molar-refractivity contribution in [3.63, 3.8) is 0 Å². The zero-order valence-corrected chi connectivity index (χ0v) is 21.4. The molecule has 1 N–H and O–H groups in total. The van der Waals surface area contributed by atoms with Crippen molar-refractivity contribution in [2.24, 2.45) is 7.05 Å². The molecule has 1 atom stereocenters. The smallest absolute Gasteiger partial charge is 0.274 e. The molecule has 0 saturated carbocycles. The number of hydrogen-bond donors (Lipinski definition) is 1. The number of aromatic nitrogens is 4. The highest BCUT2D eigenvalue weighted by atomic mass is 16.2. The lowest BCUT2D eigenvalue weighted by Gasteiger charge is -2.35. The molecule has 0 radical (unpaired) electrons. The summed E-state index contributed by atoms with van der Waals surface area (Å²) in [5, 5.41) is 13.1. The summed E-state index contributed by atoms with van der Waals surface area (Å²) >= 11 is 0. The quantitative estimate of drug-likeness (QED) is 0.437. The number of fused-ring (bicyclic) bond motifs is 1. The number of rotatable bonds is 6. The van der Waals surface area contributed by atoms with Crippen molar-refractivity contribution in [1.82, 2.24) is 24.6 Å². The Hall–Kier alpha value is -4.27. The third-order valence-electron chi connectivity index (χ3n) is 7.04. The van der Waals surface area contributed by atoms with Gasteiger partial charge in [0.2, 0.25) is 5.91 Å². The van der Waals surface area contributed by atoms with Crippen molar-refractivity contribution < 1.29 is 9.59 Å². The number of amides is 2. The van der Waals surface area contributed by atoms with Crippen molar-refractivity contribution in [2.75, 3.05) is 36.4 Å². The molecular weight excluding hydrogens is 466 g/mol. The first-order valence-corrected chi connectivity index (χ1v) is 12.5. The minimum atomic E-state index is -0.250. The van der Waals surface area contributed by atoms with Crippen LogP contribution in [-0.2, 0) is 18.3 Å². The second-order valence-electron chi connectivity index (χ2n) is 9.64. The molecule has 3 heterocycles. The van der Waals surface area contributed by atoms with Gasteiger partial charge in [0, 0.05) is 69.5 Å². The highest BCUT2D eigenvalue weighted by Crippen LogP contribution is 2.25. The maximum Gasteiger partial charge on any atom is 0.274 e. The number of hydrogen-bond acceptors (Lipinski definition) is 6.